The van der Waals surface area contributed by atoms with Crippen LogP contribution in [0, 0.1) is 5.41 Å². The van der Waals surface area contributed by atoms with E-state index in [1.807, 2.05) is 24.3 Å². The fraction of sp³-hybridized carbons (Fsp3) is 0.333. The van der Waals surface area contributed by atoms with Gasteiger partial charge in [0.05, 0.1) is 11.1 Å². The van der Waals surface area contributed by atoms with Crippen molar-refractivity contribution in [3.8, 4) is 0 Å². The zero-order valence-electron chi connectivity index (χ0n) is 15.6. The normalized spacial score (nSPS) is 18.7. The molecule has 0 atom stereocenters. The van der Waals surface area contributed by atoms with Crippen LogP contribution in [0.2, 0.25) is 0 Å². The molecule has 4 rings (SSSR count). The molecule has 2 heterocycles. The van der Waals surface area contributed by atoms with E-state index in [0.717, 1.165) is 11.0 Å². The van der Waals surface area contributed by atoms with Crippen LogP contribution in [0.3, 0.4) is 0 Å². The second kappa shape index (κ2) is 6.95. The van der Waals surface area contributed by atoms with Crippen molar-refractivity contribution in [3.05, 3.63) is 65.2 Å². The Morgan fingerprint density at radius 1 is 0.926 bits per heavy atom. The van der Waals surface area contributed by atoms with Crippen LogP contribution in [-0.4, -0.2) is 43.6 Å². The molecule has 0 aliphatic carbocycles. The maximum atomic E-state index is 12.5. The van der Waals surface area contributed by atoms with Gasteiger partial charge in [0.25, 0.3) is 11.8 Å². The molecule has 2 aliphatic rings. The Morgan fingerprint density at radius 2 is 1.48 bits per heavy atom. The largest absolute Gasteiger partial charge is 0.494 e. The first-order valence-electron chi connectivity index (χ1n) is 9.22. The van der Waals surface area contributed by atoms with Gasteiger partial charge in [-0.15, -0.1) is 0 Å². The van der Waals surface area contributed by atoms with Crippen molar-refractivity contribution >= 4 is 24.4 Å². The van der Waals surface area contributed by atoms with Crippen LogP contribution in [-0.2, 0) is 15.7 Å². The second-order valence-electron chi connectivity index (χ2n) is 7.87. The lowest BCUT2D eigenvalue weighted by Gasteiger charge is -2.33. The Labute approximate surface area is 159 Å². The molecule has 1 saturated heterocycles. The Hall–Kier alpha value is -2.44. The van der Waals surface area contributed by atoms with Crippen LogP contribution in [0.4, 0.5) is 0 Å². The topological polar surface area (TPSA) is 55.8 Å². The van der Waals surface area contributed by atoms with Crippen molar-refractivity contribution in [2.45, 2.75) is 20.3 Å². The Kier molecular flexibility index (Phi) is 4.62. The van der Waals surface area contributed by atoms with Gasteiger partial charge < -0.3 is 9.31 Å². The quantitative estimate of drug-likeness (QED) is 0.618. The molecule has 0 spiro atoms. The Balaban J connectivity index is 1.49. The minimum atomic E-state index is -0.406. The van der Waals surface area contributed by atoms with E-state index in [0.29, 0.717) is 37.3 Å². The molecule has 0 saturated carbocycles. The van der Waals surface area contributed by atoms with Gasteiger partial charge in [0.1, 0.15) is 0 Å². The molecule has 2 aliphatic heterocycles. The van der Waals surface area contributed by atoms with Gasteiger partial charge in [-0.2, -0.15) is 0 Å². The molecule has 6 heteroatoms. The van der Waals surface area contributed by atoms with Crippen LogP contribution in [0.25, 0.3) is 0 Å². The summed E-state index contributed by atoms with van der Waals surface area (Å²) in [7, 11) is -0.406. The van der Waals surface area contributed by atoms with Gasteiger partial charge in [-0.1, -0.05) is 50.2 Å². The van der Waals surface area contributed by atoms with Gasteiger partial charge in [-0.3, -0.25) is 14.5 Å². The highest BCUT2D eigenvalue weighted by molar-refractivity contribution is 6.62. The molecular formula is C21H22BNO4. The average molecular weight is 363 g/mol. The summed E-state index contributed by atoms with van der Waals surface area (Å²) in [5.74, 6) is -0.444. The fourth-order valence-electron chi connectivity index (χ4n) is 3.54. The van der Waals surface area contributed by atoms with Crippen LogP contribution in [0.1, 0.15) is 40.1 Å². The third kappa shape index (κ3) is 3.43. The molecule has 0 aromatic heterocycles. The summed E-state index contributed by atoms with van der Waals surface area (Å²) in [5, 5.41) is 0. The molecule has 2 aromatic rings. The number of hydrogen-bond donors (Lipinski definition) is 0. The van der Waals surface area contributed by atoms with Crippen LogP contribution in [0.15, 0.2) is 48.5 Å². The molecule has 2 aromatic carbocycles. The Morgan fingerprint density at radius 3 is 2.11 bits per heavy atom. The molecule has 1 fully saturated rings. The molecule has 5 nitrogen and oxygen atoms in total. The maximum Gasteiger partial charge on any atom is 0.494 e. The first-order valence-corrected chi connectivity index (χ1v) is 9.22. The standard InChI is InChI=1S/C21H22BNO4/c1-21(2)13-26-22(27-14-21)18-10-6-3-7-15(18)11-12-23-19(24)16-8-4-5-9-17(16)20(23)25/h3-10H,11-14H2,1-2H3. The number of rotatable bonds is 4. The number of hydrogen-bond acceptors (Lipinski definition) is 4. The summed E-state index contributed by atoms with van der Waals surface area (Å²) in [4.78, 5) is 26.4. The van der Waals surface area contributed by atoms with Crippen molar-refractivity contribution in [1.29, 1.82) is 0 Å². The number of fused-ring (bicyclic) bond motifs is 1. The summed E-state index contributed by atoms with van der Waals surface area (Å²) in [6.07, 6.45) is 0.564. The summed E-state index contributed by atoms with van der Waals surface area (Å²) in [5.41, 5.74) is 2.96. The SMILES string of the molecule is CC1(C)COB(c2ccccc2CCN2C(=O)c3ccccc3C2=O)OC1. The zero-order valence-corrected chi connectivity index (χ0v) is 15.6. The highest BCUT2D eigenvalue weighted by Gasteiger charge is 2.36. The first-order chi connectivity index (χ1) is 13.0. The average Bonchev–Trinajstić information content (AvgIpc) is 2.91. The van der Waals surface area contributed by atoms with E-state index in [-0.39, 0.29) is 17.2 Å². The van der Waals surface area contributed by atoms with E-state index in [9.17, 15) is 9.59 Å². The smallest absolute Gasteiger partial charge is 0.407 e. The lowest BCUT2D eigenvalue weighted by Crippen LogP contribution is -2.48. The summed E-state index contributed by atoms with van der Waals surface area (Å²) in [6.45, 7) is 5.81. The maximum absolute atomic E-state index is 12.5. The van der Waals surface area contributed by atoms with Gasteiger partial charge in [0, 0.05) is 25.2 Å². The fourth-order valence-corrected chi connectivity index (χ4v) is 3.54. The second-order valence-corrected chi connectivity index (χ2v) is 7.87. The zero-order chi connectivity index (χ0) is 19.0. The molecule has 0 N–H and O–H groups in total. The van der Waals surface area contributed by atoms with E-state index >= 15 is 0 Å². The van der Waals surface area contributed by atoms with Crippen molar-refractivity contribution in [1.82, 2.24) is 4.90 Å². The summed E-state index contributed by atoms with van der Waals surface area (Å²) < 4.78 is 11.8. The van der Waals surface area contributed by atoms with Gasteiger partial charge in [-0.05, 0) is 29.6 Å². The number of nitrogens with zero attached hydrogens (tertiary/aromatic N) is 1. The number of carbonyl (C=O) groups excluding carboxylic acids is 2. The lowest BCUT2D eigenvalue weighted by atomic mass is 9.73. The molecule has 138 valence electrons. The van der Waals surface area contributed by atoms with Gasteiger partial charge in [0.2, 0.25) is 0 Å². The van der Waals surface area contributed by atoms with Crippen molar-refractivity contribution in [2.24, 2.45) is 5.41 Å². The molecule has 2 amide bonds. The predicted molar refractivity (Wildman–Crippen MR) is 103 cm³/mol. The molecule has 0 radical (unpaired) electrons. The van der Waals surface area contributed by atoms with Gasteiger partial charge >= 0.3 is 7.12 Å². The number of imide groups is 1. The van der Waals surface area contributed by atoms with Gasteiger partial charge in [-0.25, -0.2) is 0 Å². The first kappa shape index (κ1) is 18.0. The minimum absolute atomic E-state index is 0.00556. The lowest BCUT2D eigenvalue weighted by molar-refractivity contribution is 0.0342. The van der Waals surface area contributed by atoms with Crippen molar-refractivity contribution < 1.29 is 18.9 Å². The van der Waals surface area contributed by atoms with Crippen LogP contribution >= 0.6 is 0 Å². The van der Waals surface area contributed by atoms with Crippen LogP contribution < -0.4 is 5.46 Å². The molecule has 0 bridgehead atoms. The van der Waals surface area contributed by atoms with Crippen molar-refractivity contribution in [3.63, 3.8) is 0 Å². The Bertz CT molecular complexity index is 850. The van der Waals surface area contributed by atoms with E-state index < -0.39 is 7.12 Å². The van der Waals surface area contributed by atoms with E-state index in [1.165, 1.54) is 4.90 Å². The highest BCUT2D eigenvalue weighted by atomic mass is 16.6. The monoisotopic (exact) mass is 363 g/mol. The van der Waals surface area contributed by atoms with E-state index in [1.54, 1.807) is 24.3 Å². The highest BCUT2D eigenvalue weighted by Crippen LogP contribution is 2.24. The van der Waals surface area contributed by atoms with Crippen molar-refractivity contribution in [2.75, 3.05) is 19.8 Å². The molecular weight excluding hydrogens is 341 g/mol. The number of amides is 2. The number of carbonyl (C=O) groups is 2. The predicted octanol–water partition coefficient (Wildman–Crippen LogP) is 2.29. The third-order valence-corrected chi connectivity index (χ3v) is 5.04. The summed E-state index contributed by atoms with van der Waals surface area (Å²) >= 11 is 0. The summed E-state index contributed by atoms with van der Waals surface area (Å²) in [6, 6.07) is 14.9. The van der Waals surface area contributed by atoms with Gasteiger partial charge in [0.15, 0.2) is 0 Å². The third-order valence-electron chi connectivity index (χ3n) is 5.04. The van der Waals surface area contributed by atoms with E-state index in [4.69, 9.17) is 9.31 Å². The molecule has 0 unspecified atom stereocenters. The number of benzene rings is 2. The van der Waals surface area contributed by atoms with E-state index in [2.05, 4.69) is 13.8 Å². The minimum Gasteiger partial charge on any atom is -0.407 e. The van der Waals surface area contributed by atoms with Crippen LogP contribution in [0.5, 0.6) is 0 Å². The molecule has 27 heavy (non-hydrogen) atoms.